The Labute approximate surface area is 182 Å². The van der Waals surface area contributed by atoms with E-state index in [9.17, 15) is 4.79 Å². The summed E-state index contributed by atoms with van der Waals surface area (Å²) >= 11 is 0. The molecule has 1 saturated carbocycles. The molecule has 6 rings (SSSR count). The van der Waals surface area contributed by atoms with Crippen LogP contribution in [0.4, 0.5) is 11.4 Å². The molecule has 3 aliphatic rings. The number of hydrogen-bond acceptors (Lipinski definition) is 6. The molecule has 1 N–H and O–H groups in total. The molecule has 160 valence electrons. The van der Waals surface area contributed by atoms with Gasteiger partial charge in [0.25, 0.3) is 0 Å². The smallest absolute Gasteiger partial charge is 0.196 e. The number of aromatic nitrogens is 1. The van der Waals surface area contributed by atoms with Gasteiger partial charge in [0.05, 0.1) is 16.6 Å². The van der Waals surface area contributed by atoms with Crippen molar-refractivity contribution in [2.45, 2.75) is 38.1 Å². The van der Waals surface area contributed by atoms with Crippen molar-refractivity contribution in [2.24, 2.45) is 0 Å². The van der Waals surface area contributed by atoms with Crippen LogP contribution in [0.3, 0.4) is 0 Å². The van der Waals surface area contributed by atoms with Gasteiger partial charge in [0.15, 0.2) is 11.5 Å². The maximum atomic E-state index is 13.7. The molecule has 2 fully saturated rings. The highest BCUT2D eigenvalue weighted by Crippen LogP contribution is 2.46. The average Bonchev–Trinajstić information content (AvgIpc) is 3.24. The Morgan fingerprint density at radius 1 is 1.03 bits per heavy atom. The first-order valence-electron chi connectivity index (χ1n) is 11.5. The molecule has 31 heavy (non-hydrogen) atoms. The fourth-order valence-electron chi connectivity index (χ4n) is 5.41. The van der Waals surface area contributed by atoms with Gasteiger partial charge in [0, 0.05) is 49.0 Å². The van der Waals surface area contributed by atoms with Crippen LogP contribution in [0.1, 0.15) is 48.0 Å². The first-order valence-corrected chi connectivity index (χ1v) is 11.5. The van der Waals surface area contributed by atoms with Crippen LogP contribution >= 0.6 is 0 Å². The summed E-state index contributed by atoms with van der Waals surface area (Å²) in [5.74, 6) is 0.794. The Bertz CT molecular complexity index is 1150. The molecule has 1 saturated heterocycles. The van der Waals surface area contributed by atoms with Crippen molar-refractivity contribution in [3.05, 3.63) is 41.5 Å². The second-order valence-electron chi connectivity index (χ2n) is 9.20. The first kappa shape index (κ1) is 18.9. The van der Waals surface area contributed by atoms with Gasteiger partial charge in [0.1, 0.15) is 5.52 Å². The van der Waals surface area contributed by atoms with Gasteiger partial charge < -0.3 is 19.6 Å². The van der Waals surface area contributed by atoms with E-state index in [1.807, 2.05) is 24.3 Å². The molecule has 0 spiro atoms. The molecular weight excluding hydrogens is 388 g/mol. The van der Waals surface area contributed by atoms with Crippen LogP contribution in [0.2, 0.25) is 0 Å². The zero-order valence-corrected chi connectivity index (χ0v) is 18.0. The molecule has 0 radical (unpaired) electrons. The van der Waals surface area contributed by atoms with Crippen molar-refractivity contribution in [3.63, 3.8) is 0 Å². The number of fused-ring (bicyclic) bond motifs is 2. The molecule has 6 nitrogen and oxygen atoms in total. The summed E-state index contributed by atoms with van der Waals surface area (Å²) in [4.78, 5) is 18.4. The number of benzene rings is 2. The van der Waals surface area contributed by atoms with E-state index in [0.29, 0.717) is 11.6 Å². The molecule has 2 heterocycles. The van der Waals surface area contributed by atoms with Gasteiger partial charge in [-0.2, -0.15) is 0 Å². The van der Waals surface area contributed by atoms with Gasteiger partial charge in [-0.15, -0.1) is 0 Å². The van der Waals surface area contributed by atoms with Gasteiger partial charge in [-0.3, -0.25) is 4.79 Å². The number of rotatable bonds is 3. The average molecular weight is 417 g/mol. The van der Waals surface area contributed by atoms with E-state index in [4.69, 9.17) is 4.52 Å². The minimum Gasteiger partial charge on any atom is -0.382 e. The molecule has 1 aromatic heterocycles. The maximum absolute atomic E-state index is 13.7. The van der Waals surface area contributed by atoms with E-state index in [1.165, 1.54) is 19.3 Å². The lowest BCUT2D eigenvalue weighted by atomic mass is 9.85. The van der Waals surface area contributed by atoms with Crippen LogP contribution in [0, 0.1) is 0 Å². The van der Waals surface area contributed by atoms with Crippen molar-refractivity contribution >= 4 is 28.1 Å². The molecule has 0 atom stereocenters. The highest BCUT2D eigenvalue weighted by atomic mass is 16.5. The van der Waals surface area contributed by atoms with Crippen molar-refractivity contribution in [1.82, 2.24) is 10.1 Å². The maximum Gasteiger partial charge on any atom is 0.196 e. The zero-order chi connectivity index (χ0) is 20.9. The second kappa shape index (κ2) is 7.38. The summed E-state index contributed by atoms with van der Waals surface area (Å²) in [5, 5.41) is 9.13. The lowest BCUT2D eigenvalue weighted by Crippen LogP contribution is -2.44. The van der Waals surface area contributed by atoms with Crippen LogP contribution < -0.4 is 10.2 Å². The van der Waals surface area contributed by atoms with Gasteiger partial charge in [-0.25, -0.2) is 0 Å². The van der Waals surface area contributed by atoms with Gasteiger partial charge >= 0.3 is 0 Å². The Morgan fingerprint density at radius 3 is 2.55 bits per heavy atom. The van der Waals surface area contributed by atoms with Crippen molar-refractivity contribution in [3.8, 4) is 11.3 Å². The third kappa shape index (κ3) is 3.04. The van der Waals surface area contributed by atoms with Crippen LogP contribution in [0.25, 0.3) is 22.2 Å². The predicted octanol–water partition coefficient (Wildman–Crippen LogP) is 4.54. The summed E-state index contributed by atoms with van der Waals surface area (Å²) in [5.41, 5.74) is 5.11. The highest BCUT2D eigenvalue weighted by molar-refractivity contribution is 6.28. The molecular formula is C25H28N4O2. The summed E-state index contributed by atoms with van der Waals surface area (Å²) in [7, 11) is 2.16. The van der Waals surface area contributed by atoms with Crippen molar-refractivity contribution in [2.75, 3.05) is 43.4 Å². The summed E-state index contributed by atoms with van der Waals surface area (Å²) in [6, 6.07) is 10.3. The van der Waals surface area contributed by atoms with Crippen LogP contribution in [0.15, 0.2) is 34.9 Å². The monoisotopic (exact) mass is 416 g/mol. The number of carbonyl (C=O) groups is 1. The standard InChI is InChI=1S/C25H28N4O2/c1-28-11-13-29(14-12-28)20-15-19(26-16-7-3-2-4-8-16)21-22-23(20)27-31-25(22)18-10-6-5-9-17(18)24(21)30/h5-6,9-10,15-16,26H,2-4,7-8,11-14H2,1H3. The van der Waals surface area contributed by atoms with E-state index in [2.05, 4.69) is 33.4 Å². The van der Waals surface area contributed by atoms with Crippen LogP contribution in [-0.2, 0) is 0 Å². The van der Waals surface area contributed by atoms with Gasteiger partial charge in [-0.1, -0.05) is 48.7 Å². The zero-order valence-electron chi connectivity index (χ0n) is 18.0. The SMILES string of the molecule is CN1CCN(c2cc(NC3CCCCC3)c3c4c(onc24)-c2ccccc2C3=O)CC1. The minimum atomic E-state index is 0.0690. The predicted molar refractivity (Wildman–Crippen MR) is 123 cm³/mol. The van der Waals surface area contributed by atoms with E-state index in [0.717, 1.165) is 78.2 Å². The Kier molecular flexibility index (Phi) is 4.49. The third-order valence-corrected chi connectivity index (χ3v) is 7.19. The van der Waals surface area contributed by atoms with Gasteiger partial charge in [-0.05, 0) is 26.0 Å². The number of ketones is 1. The van der Waals surface area contributed by atoms with Crippen molar-refractivity contribution in [1.29, 1.82) is 0 Å². The minimum absolute atomic E-state index is 0.0690. The van der Waals surface area contributed by atoms with E-state index in [-0.39, 0.29) is 5.78 Å². The lowest BCUT2D eigenvalue weighted by Gasteiger charge is -2.35. The number of likely N-dealkylation sites (N-methyl/N-ethyl adjacent to an activating group) is 1. The topological polar surface area (TPSA) is 61.6 Å². The first-order chi connectivity index (χ1) is 15.2. The van der Waals surface area contributed by atoms with Gasteiger partial charge in [0.2, 0.25) is 0 Å². The normalized spacial score (nSPS) is 19.6. The molecule has 0 amide bonds. The summed E-state index contributed by atoms with van der Waals surface area (Å²) in [6.45, 7) is 3.92. The number of nitrogens with zero attached hydrogens (tertiary/aromatic N) is 3. The summed E-state index contributed by atoms with van der Waals surface area (Å²) < 4.78 is 5.90. The molecule has 2 aromatic carbocycles. The lowest BCUT2D eigenvalue weighted by molar-refractivity contribution is 0.104. The van der Waals surface area contributed by atoms with E-state index < -0.39 is 0 Å². The molecule has 2 aliphatic carbocycles. The fourth-order valence-corrected chi connectivity index (χ4v) is 5.41. The van der Waals surface area contributed by atoms with E-state index >= 15 is 0 Å². The number of nitrogens with one attached hydrogen (secondary N) is 1. The number of piperazine rings is 1. The quantitative estimate of drug-likeness (QED) is 0.529. The molecule has 6 heteroatoms. The number of anilines is 2. The van der Waals surface area contributed by atoms with Crippen LogP contribution in [-0.4, -0.2) is 55.1 Å². The largest absolute Gasteiger partial charge is 0.382 e. The Morgan fingerprint density at radius 2 is 1.77 bits per heavy atom. The molecule has 0 unspecified atom stereocenters. The molecule has 1 aliphatic heterocycles. The fraction of sp³-hybridized carbons (Fsp3) is 0.440. The summed E-state index contributed by atoms with van der Waals surface area (Å²) in [6.07, 6.45) is 6.11. The highest BCUT2D eigenvalue weighted by Gasteiger charge is 2.34. The Hall–Kier alpha value is -2.86. The van der Waals surface area contributed by atoms with Crippen molar-refractivity contribution < 1.29 is 9.32 Å². The third-order valence-electron chi connectivity index (χ3n) is 7.19. The number of hydrogen-bond donors (Lipinski definition) is 1. The van der Waals surface area contributed by atoms with E-state index in [1.54, 1.807) is 0 Å². The molecule has 0 bridgehead atoms. The second-order valence-corrected chi connectivity index (χ2v) is 9.20. The Balaban J connectivity index is 1.54. The molecule has 3 aromatic rings. The number of carbonyl (C=O) groups excluding carboxylic acids is 1. The van der Waals surface area contributed by atoms with Crippen LogP contribution in [0.5, 0.6) is 0 Å².